The van der Waals surface area contributed by atoms with E-state index < -0.39 is 0 Å². The molecule has 2 aliphatic rings. The van der Waals surface area contributed by atoms with Crippen LogP contribution in [-0.2, 0) is 0 Å². The maximum Gasteiger partial charge on any atom is 0.0999 e. The summed E-state index contributed by atoms with van der Waals surface area (Å²) in [5.41, 5.74) is 9.39. The largest absolute Gasteiger partial charge is 0.387 e. The molecule has 2 N–H and O–H groups in total. The summed E-state index contributed by atoms with van der Waals surface area (Å²) in [7, 11) is 0. The van der Waals surface area contributed by atoms with Crippen molar-refractivity contribution in [1.82, 2.24) is 0 Å². The molecule has 2 aliphatic carbocycles. The molecule has 0 radical (unpaired) electrons. The minimum atomic E-state index is 0.434. The number of benzene rings is 1. The molecule has 2 bridgehead atoms. The lowest BCUT2D eigenvalue weighted by Crippen LogP contribution is -2.34. The number of amidine groups is 1. The number of nitrogens with two attached hydrogens (primary N) is 1. The van der Waals surface area contributed by atoms with E-state index in [1.54, 1.807) is 0 Å². The summed E-state index contributed by atoms with van der Waals surface area (Å²) in [4.78, 5) is 4.68. The van der Waals surface area contributed by atoms with Gasteiger partial charge in [0.25, 0.3) is 0 Å². The normalized spacial score (nSPS) is 34.4. The number of aliphatic imine (C=N–C) groups is 1. The quantitative estimate of drug-likeness (QED) is 0.626. The van der Waals surface area contributed by atoms with Gasteiger partial charge in [-0.3, -0.25) is 0 Å². The molecule has 0 aromatic heterocycles. The monoisotopic (exact) mass is 284 g/mol. The number of rotatable bonds is 3. The molecule has 2 nitrogen and oxygen atoms in total. The molecule has 1 aromatic carbocycles. The fraction of sp³-hybridized carbons (Fsp3) is 0.632. The van der Waals surface area contributed by atoms with Gasteiger partial charge >= 0.3 is 0 Å². The van der Waals surface area contributed by atoms with Gasteiger partial charge in [0.05, 0.1) is 11.5 Å². The molecule has 2 fully saturated rings. The van der Waals surface area contributed by atoms with Crippen LogP contribution >= 0.6 is 0 Å². The Labute approximate surface area is 128 Å². The summed E-state index contributed by atoms with van der Waals surface area (Å²) < 4.78 is 0. The van der Waals surface area contributed by atoms with Crippen molar-refractivity contribution in [2.45, 2.75) is 53.4 Å². The minimum absolute atomic E-state index is 0.434. The van der Waals surface area contributed by atoms with E-state index in [0.29, 0.717) is 16.7 Å². The third kappa shape index (κ3) is 2.20. The van der Waals surface area contributed by atoms with Crippen LogP contribution in [-0.4, -0.2) is 5.84 Å². The Morgan fingerprint density at radius 2 is 2.00 bits per heavy atom. The van der Waals surface area contributed by atoms with Gasteiger partial charge in [0, 0.05) is 6.42 Å². The average Bonchev–Trinajstić information content (AvgIpc) is 2.74. The lowest BCUT2D eigenvalue weighted by atomic mass is 9.66. The van der Waals surface area contributed by atoms with Crippen molar-refractivity contribution >= 4 is 11.5 Å². The van der Waals surface area contributed by atoms with Crippen molar-refractivity contribution in [3.05, 3.63) is 29.8 Å². The predicted molar refractivity (Wildman–Crippen MR) is 89.8 cm³/mol. The number of fused-ring (bicyclic) bond motifs is 2. The van der Waals surface area contributed by atoms with Crippen LogP contribution in [0.2, 0.25) is 0 Å². The zero-order valence-corrected chi connectivity index (χ0v) is 13.8. The summed E-state index contributed by atoms with van der Waals surface area (Å²) in [6.07, 6.45) is 5.03. The Hall–Kier alpha value is -1.31. The smallest absolute Gasteiger partial charge is 0.0999 e. The van der Waals surface area contributed by atoms with E-state index in [2.05, 4.69) is 44.8 Å². The summed E-state index contributed by atoms with van der Waals surface area (Å²) in [5.74, 6) is 2.37. The Balaban J connectivity index is 1.78. The van der Waals surface area contributed by atoms with Crippen LogP contribution in [0.5, 0.6) is 0 Å². The second-order valence-corrected chi connectivity index (χ2v) is 7.90. The van der Waals surface area contributed by atoms with E-state index in [1.165, 1.54) is 24.8 Å². The highest BCUT2D eigenvalue weighted by Gasteiger charge is 2.60. The topological polar surface area (TPSA) is 38.4 Å². The third-order valence-corrected chi connectivity index (χ3v) is 6.81. The molecular formula is C19H28N2. The first-order chi connectivity index (χ1) is 9.84. The van der Waals surface area contributed by atoms with Crippen molar-refractivity contribution in [1.29, 1.82) is 0 Å². The van der Waals surface area contributed by atoms with Gasteiger partial charge in [0.2, 0.25) is 0 Å². The van der Waals surface area contributed by atoms with Crippen LogP contribution < -0.4 is 5.73 Å². The van der Waals surface area contributed by atoms with Crippen molar-refractivity contribution in [3.8, 4) is 0 Å². The summed E-state index contributed by atoms with van der Waals surface area (Å²) >= 11 is 0. The van der Waals surface area contributed by atoms with Crippen LogP contribution in [0.4, 0.5) is 5.69 Å². The van der Waals surface area contributed by atoms with E-state index in [0.717, 1.165) is 23.9 Å². The molecule has 0 saturated heterocycles. The molecule has 21 heavy (non-hydrogen) atoms. The second kappa shape index (κ2) is 4.86. The molecule has 3 rings (SSSR count). The summed E-state index contributed by atoms with van der Waals surface area (Å²) in [5, 5.41) is 0. The van der Waals surface area contributed by atoms with Gasteiger partial charge in [-0.05, 0) is 60.5 Å². The first-order valence-corrected chi connectivity index (χ1v) is 8.23. The molecule has 0 aliphatic heterocycles. The molecule has 0 amide bonds. The highest BCUT2D eigenvalue weighted by atomic mass is 14.9. The minimum Gasteiger partial charge on any atom is -0.387 e. The number of para-hydroxylation sites is 1. The van der Waals surface area contributed by atoms with Crippen LogP contribution in [0.25, 0.3) is 0 Å². The molecule has 2 saturated carbocycles. The fourth-order valence-corrected chi connectivity index (χ4v) is 4.82. The molecule has 3 atom stereocenters. The maximum atomic E-state index is 6.28. The number of hydrogen-bond acceptors (Lipinski definition) is 1. The van der Waals surface area contributed by atoms with Crippen LogP contribution in [0, 0.1) is 29.6 Å². The zero-order valence-electron chi connectivity index (χ0n) is 13.8. The SMILES string of the molecule is Cc1ccccc1N=C(N)CC1CC2CCC1(C)C2(C)C. The lowest BCUT2D eigenvalue weighted by Gasteiger charge is -2.39. The van der Waals surface area contributed by atoms with Gasteiger partial charge in [-0.2, -0.15) is 0 Å². The highest BCUT2D eigenvalue weighted by Crippen LogP contribution is 2.68. The molecule has 0 spiro atoms. The number of nitrogens with zero attached hydrogens (tertiary/aromatic N) is 1. The Morgan fingerprint density at radius 1 is 1.29 bits per heavy atom. The first-order valence-electron chi connectivity index (χ1n) is 8.23. The molecule has 114 valence electrons. The van der Waals surface area contributed by atoms with E-state index in [-0.39, 0.29) is 0 Å². The van der Waals surface area contributed by atoms with Gasteiger partial charge in [0.1, 0.15) is 0 Å². The van der Waals surface area contributed by atoms with Gasteiger partial charge < -0.3 is 5.73 Å². The van der Waals surface area contributed by atoms with Crippen molar-refractivity contribution in [3.63, 3.8) is 0 Å². The first kappa shape index (κ1) is 14.6. The molecule has 3 unspecified atom stereocenters. The predicted octanol–water partition coefficient (Wildman–Crippen LogP) is 4.84. The summed E-state index contributed by atoms with van der Waals surface area (Å²) in [6.45, 7) is 9.48. The van der Waals surface area contributed by atoms with Gasteiger partial charge in [-0.25, -0.2) is 4.99 Å². The number of aryl methyl sites for hydroxylation is 1. The Morgan fingerprint density at radius 3 is 2.57 bits per heavy atom. The van der Waals surface area contributed by atoms with E-state index in [1.807, 2.05) is 12.1 Å². The van der Waals surface area contributed by atoms with E-state index >= 15 is 0 Å². The third-order valence-electron chi connectivity index (χ3n) is 6.81. The molecular weight excluding hydrogens is 256 g/mol. The zero-order chi connectivity index (χ0) is 15.3. The highest BCUT2D eigenvalue weighted by molar-refractivity contribution is 5.83. The van der Waals surface area contributed by atoms with Crippen molar-refractivity contribution < 1.29 is 0 Å². The fourth-order valence-electron chi connectivity index (χ4n) is 4.82. The van der Waals surface area contributed by atoms with Gasteiger partial charge in [-0.1, -0.05) is 39.0 Å². The van der Waals surface area contributed by atoms with E-state index in [4.69, 9.17) is 5.73 Å². The molecule has 2 heteroatoms. The van der Waals surface area contributed by atoms with Gasteiger partial charge in [0.15, 0.2) is 0 Å². The maximum absolute atomic E-state index is 6.28. The van der Waals surface area contributed by atoms with Crippen LogP contribution in [0.3, 0.4) is 0 Å². The Kier molecular flexibility index (Phi) is 3.38. The second-order valence-electron chi connectivity index (χ2n) is 7.90. The molecule has 1 aromatic rings. The Bertz CT molecular complexity index is 573. The van der Waals surface area contributed by atoms with Crippen molar-refractivity contribution in [2.75, 3.05) is 0 Å². The number of hydrogen-bond donors (Lipinski definition) is 1. The van der Waals surface area contributed by atoms with Crippen LogP contribution in [0.15, 0.2) is 29.3 Å². The van der Waals surface area contributed by atoms with Gasteiger partial charge in [-0.15, -0.1) is 0 Å². The van der Waals surface area contributed by atoms with Crippen LogP contribution in [0.1, 0.15) is 52.0 Å². The summed E-state index contributed by atoms with van der Waals surface area (Å²) in [6, 6.07) is 8.22. The van der Waals surface area contributed by atoms with E-state index in [9.17, 15) is 0 Å². The van der Waals surface area contributed by atoms with Crippen molar-refractivity contribution in [2.24, 2.45) is 33.4 Å². The molecule has 0 heterocycles. The average molecular weight is 284 g/mol. The lowest BCUT2D eigenvalue weighted by molar-refractivity contribution is 0.106. The standard InChI is InChI=1S/C19H28N2/c1-13-7-5-6-8-16(13)21-17(20)12-15-11-14-9-10-19(15,4)18(14,2)3/h5-8,14-15H,9-12H2,1-4H3,(H2,20,21).